The van der Waals surface area contributed by atoms with Crippen molar-refractivity contribution >= 4 is 31.9 Å². The van der Waals surface area contributed by atoms with E-state index < -0.39 is 16.0 Å². The molecule has 0 atom stereocenters. The quantitative estimate of drug-likeness (QED) is 0.838. The smallest absolute Gasteiger partial charge is 0.339 e. The maximum absolute atomic E-state index is 12.1. The fourth-order valence-electron chi connectivity index (χ4n) is 2.24. The normalized spacial score (nSPS) is 16.9. The highest BCUT2D eigenvalue weighted by atomic mass is 79.9. The fourth-order valence-corrected chi connectivity index (χ4v) is 3.18. The van der Waals surface area contributed by atoms with Gasteiger partial charge in [-0.05, 0) is 59.8 Å². The summed E-state index contributed by atoms with van der Waals surface area (Å²) in [5.41, 5.74) is 0.182. The van der Waals surface area contributed by atoms with Crippen molar-refractivity contribution < 1.29 is 17.9 Å². The Morgan fingerprint density at radius 2 is 1.90 bits per heavy atom. The molecule has 0 unspecified atom stereocenters. The minimum Gasteiger partial charge on any atom is -0.459 e. The molecule has 20 heavy (non-hydrogen) atoms. The van der Waals surface area contributed by atoms with Crippen molar-refractivity contribution in [1.29, 1.82) is 0 Å². The zero-order valence-corrected chi connectivity index (χ0v) is 13.2. The predicted molar refractivity (Wildman–Crippen MR) is 77.8 cm³/mol. The van der Waals surface area contributed by atoms with Gasteiger partial charge in [0.15, 0.2) is 0 Å². The van der Waals surface area contributed by atoms with E-state index in [1.54, 1.807) is 0 Å². The van der Waals surface area contributed by atoms with Gasteiger partial charge in [0.2, 0.25) is 10.0 Å². The molecule has 0 aliphatic heterocycles. The van der Waals surface area contributed by atoms with E-state index in [9.17, 15) is 13.2 Å². The van der Waals surface area contributed by atoms with Gasteiger partial charge in [0, 0.05) is 4.47 Å². The van der Waals surface area contributed by atoms with Gasteiger partial charge in [-0.3, -0.25) is 0 Å². The van der Waals surface area contributed by atoms with Crippen molar-refractivity contribution in [1.82, 2.24) is 0 Å². The Balaban J connectivity index is 2.20. The molecule has 2 rings (SSSR count). The maximum atomic E-state index is 12.1. The van der Waals surface area contributed by atoms with E-state index >= 15 is 0 Å². The van der Waals surface area contributed by atoms with E-state index in [2.05, 4.69) is 15.9 Å². The van der Waals surface area contributed by atoms with Crippen LogP contribution in [-0.4, -0.2) is 20.5 Å². The van der Waals surface area contributed by atoms with Crippen molar-refractivity contribution in [2.24, 2.45) is 5.14 Å². The van der Waals surface area contributed by atoms with Gasteiger partial charge in [0.25, 0.3) is 0 Å². The Morgan fingerprint density at radius 3 is 2.50 bits per heavy atom. The molecule has 1 saturated carbocycles. The SMILES string of the molecule is NS(=O)(=O)c1ccc(Br)c(C(=O)OC2CCCCC2)c1. The summed E-state index contributed by atoms with van der Waals surface area (Å²) in [6, 6.07) is 4.07. The molecule has 1 aliphatic rings. The van der Waals surface area contributed by atoms with Gasteiger partial charge in [-0.2, -0.15) is 0 Å². The first-order valence-electron chi connectivity index (χ1n) is 6.41. The molecular formula is C13H16BrNO4S. The van der Waals surface area contributed by atoms with Crippen LogP contribution in [0.5, 0.6) is 0 Å². The lowest BCUT2D eigenvalue weighted by Crippen LogP contribution is -2.21. The van der Waals surface area contributed by atoms with Crippen molar-refractivity contribution in [3.8, 4) is 0 Å². The molecule has 0 amide bonds. The molecule has 110 valence electrons. The third-order valence-electron chi connectivity index (χ3n) is 3.31. The van der Waals surface area contributed by atoms with Crippen molar-refractivity contribution in [2.45, 2.75) is 43.1 Å². The Kier molecular flexibility index (Phi) is 4.82. The molecule has 2 N–H and O–H groups in total. The van der Waals surface area contributed by atoms with Crippen LogP contribution in [0.4, 0.5) is 0 Å². The monoisotopic (exact) mass is 361 g/mol. The molecule has 0 saturated heterocycles. The Labute approximate surface area is 126 Å². The van der Waals surface area contributed by atoms with Crippen LogP contribution in [0.2, 0.25) is 0 Å². The van der Waals surface area contributed by atoms with Crippen molar-refractivity contribution in [3.63, 3.8) is 0 Å². The van der Waals surface area contributed by atoms with Crippen LogP contribution in [0.1, 0.15) is 42.5 Å². The lowest BCUT2D eigenvalue weighted by molar-refractivity contribution is 0.0210. The average Bonchev–Trinajstić information content (AvgIpc) is 2.39. The van der Waals surface area contributed by atoms with Crippen LogP contribution in [0.3, 0.4) is 0 Å². The Morgan fingerprint density at radius 1 is 1.25 bits per heavy atom. The lowest BCUT2D eigenvalue weighted by atomic mass is 9.98. The number of primary sulfonamides is 1. The van der Waals surface area contributed by atoms with E-state index in [0.717, 1.165) is 25.7 Å². The van der Waals surface area contributed by atoms with E-state index in [1.807, 2.05) is 0 Å². The van der Waals surface area contributed by atoms with Crippen molar-refractivity contribution in [2.75, 3.05) is 0 Å². The molecule has 1 aliphatic carbocycles. The minimum atomic E-state index is -3.84. The Bertz CT molecular complexity index is 609. The van der Waals surface area contributed by atoms with Crippen LogP contribution in [0.25, 0.3) is 0 Å². The number of ether oxygens (including phenoxy) is 1. The first-order chi connectivity index (χ1) is 9.38. The van der Waals surface area contributed by atoms with Gasteiger partial charge in [-0.15, -0.1) is 0 Å². The second-order valence-electron chi connectivity index (χ2n) is 4.85. The van der Waals surface area contributed by atoms with Gasteiger partial charge in [-0.25, -0.2) is 18.4 Å². The van der Waals surface area contributed by atoms with Gasteiger partial charge < -0.3 is 4.74 Å². The molecule has 5 nitrogen and oxygen atoms in total. The molecule has 0 bridgehead atoms. The lowest BCUT2D eigenvalue weighted by Gasteiger charge is -2.22. The number of nitrogens with two attached hydrogens (primary N) is 1. The summed E-state index contributed by atoms with van der Waals surface area (Å²) in [7, 11) is -3.84. The maximum Gasteiger partial charge on any atom is 0.339 e. The van der Waals surface area contributed by atoms with E-state index in [1.165, 1.54) is 24.6 Å². The van der Waals surface area contributed by atoms with Crippen molar-refractivity contribution in [3.05, 3.63) is 28.2 Å². The molecule has 0 radical (unpaired) electrons. The van der Waals surface area contributed by atoms with Crippen LogP contribution in [0.15, 0.2) is 27.6 Å². The molecule has 0 heterocycles. The summed E-state index contributed by atoms with van der Waals surface area (Å²) >= 11 is 3.23. The highest BCUT2D eigenvalue weighted by Crippen LogP contribution is 2.25. The highest BCUT2D eigenvalue weighted by molar-refractivity contribution is 9.10. The zero-order chi connectivity index (χ0) is 14.8. The number of esters is 1. The Hall–Kier alpha value is -0.920. The van der Waals surface area contributed by atoms with Gasteiger partial charge in [0.1, 0.15) is 6.10 Å². The van der Waals surface area contributed by atoms with E-state index in [4.69, 9.17) is 9.88 Å². The molecule has 1 aromatic carbocycles. The molecule has 1 fully saturated rings. The summed E-state index contributed by atoms with van der Waals surface area (Å²) in [4.78, 5) is 12.0. The largest absolute Gasteiger partial charge is 0.459 e. The van der Waals surface area contributed by atoms with Crippen LogP contribution >= 0.6 is 15.9 Å². The minimum absolute atomic E-state index is 0.0821. The average molecular weight is 362 g/mol. The van der Waals surface area contributed by atoms with E-state index in [-0.39, 0.29) is 16.6 Å². The highest BCUT2D eigenvalue weighted by Gasteiger charge is 2.21. The first-order valence-corrected chi connectivity index (χ1v) is 8.75. The summed E-state index contributed by atoms with van der Waals surface area (Å²) in [5.74, 6) is -0.519. The first kappa shape index (κ1) is 15.5. The van der Waals surface area contributed by atoms with Crippen LogP contribution in [-0.2, 0) is 14.8 Å². The number of carbonyl (C=O) groups is 1. The number of halogens is 1. The second-order valence-corrected chi connectivity index (χ2v) is 7.27. The fraction of sp³-hybridized carbons (Fsp3) is 0.462. The summed E-state index contributed by atoms with van der Waals surface area (Å²) in [6.07, 6.45) is 4.91. The third-order valence-corrected chi connectivity index (χ3v) is 4.91. The van der Waals surface area contributed by atoms with Crippen LogP contribution in [0, 0.1) is 0 Å². The van der Waals surface area contributed by atoms with E-state index in [0.29, 0.717) is 4.47 Å². The number of sulfonamides is 1. The van der Waals surface area contributed by atoms with Crippen LogP contribution < -0.4 is 5.14 Å². The number of benzene rings is 1. The summed E-state index contributed by atoms with van der Waals surface area (Å²) in [6.45, 7) is 0. The van der Waals surface area contributed by atoms with Gasteiger partial charge in [-0.1, -0.05) is 6.42 Å². The number of rotatable bonds is 3. The molecular weight excluding hydrogens is 346 g/mol. The van der Waals surface area contributed by atoms with Gasteiger partial charge in [0.05, 0.1) is 10.5 Å². The molecule has 0 aromatic heterocycles. The predicted octanol–water partition coefficient (Wildman–Crippen LogP) is 2.59. The summed E-state index contributed by atoms with van der Waals surface area (Å²) < 4.78 is 28.6. The number of hydrogen-bond acceptors (Lipinski definition) is 4. The topological polar surface area (TPSA) is 86.5 Å². The second kappa shape index (κ2) is 6.24. The zero-order valence-electron chi connectivity index (χ0n) is 10.8. The molecule has 1 aromatic rings. The third kappa shape index (κ3) is 3.80. The molecule has 0 spiro atoms. The van der Waals surface area contributed by atoms with Gasteiger partial charge >= 0.3 is 5.97 Å². The number of hydrogen-bond donors (Lipinski definition) is 1. The molecule has 7 heteroatoms. The standard InChI is InChI=1S/C13H16BrNO4S/c14-12-7-6-10(20(15,17)18)8-11(12)13(16)19-9-4-2-1-3-5-9/h6-9H,1-5H2,(H2,15,17,18). The summed E-state index contributed by atoms with van der Waals surface area (Å²) in [5, 5.41) is 5.06. The number of carbonyl (C=O) groups excluding carboxylic acids is 1.